The predicted octanol–water partition coefficient (Wildman–Crippen LogP) is 2.66. The van der Waals surface area contributed by atoms with Crippen LogP contribution in [0.25, 0.3) is 10.6 Å². The molecule has 3 rings (SSSR count). The zero-order valence-corrected chi connectivity index (χ0v) is 14.5. The molecular weight excluding hydrogens is 334 g/mol. The van der Waals surface area contributed by atoms with Crippen molar-refractivity contribution < 1.29 is 9.53 Å². The number of rotatable bonds is 4. The number of benzene rings is 1. The van der Waals surface area contributed by atoms with Crippen LogP contribution in [-0.2, 0) is 0 Å². The summed E-state index contributed by atoms with van der Waals surface area (Å²) in [7, 11) is 1.63. The van der Waals surface area contributed by atoms with Gasteiger partial charge in [0.2, 0.25) is 0 Å². The van der Waals surface area contributed by atoms with Crippen LogP contribution >= 0.6 is 23.7 Å². The topological polar surface area (TPSA) is 68.5 Å². The fraction of sp³-hybridized carbons (Fsp3) is 0.375. The number of carbonyl (C=O) groups is 1. The van der Waals surface area contributed by atoms with Crippen LogP contribution in [0.1, 0.15) is 16.9 Å². The number of likely N-dealkylation sites (tertiary alicyclic amines) is 1. The van der Waals surface area contributed by atoms with Crippen molar-refractivity contribution in [3.8, 4) is 16.3 Å². The van der Waals surface area contributed by atoms with Crippen LogP contribution in [0, 0.1) is 5.92 Å². The van der Waals surface area contributed by atoms with E-state index in [4.69, 9.17) is 10.5 Å². The predicted molar refractivity (Wildman–Crippen MR) is 94.4 cm³/mol. The van der Waals surface area contributed by atoms with Gasteiger partial charge in [0.15, 0.2) is 0 Å². The van der Waals surface area contributed by atoms with Crippen molar-refractivity contribution in [2.45, 2.75) is 6.42 Å². The molecule has 124 valence electrons. The first-order chi connectivity index (χ1) is 10.7. The summed E-state index contributed by atoms with van der Waals surface area (Å²) >= 11 is 1.46. The quantitative estimate of drug-likeness (QED) is 0.917. The van der Waals surface area contributed by atoms with Crippen molar-refractivity contribution in [1.82, 2.24) is 9.88 Å². The van der Waals surface area contributed by atoms with Gasteiger partial charge in [-0.3, -0.25) is 4.79 Å². The van der Waals surface area contributed by atoms with Crippen molar-refractivity contribution in [2.75, 3.05) is 26.7 Å². The van der Waals surface area contributed by atoms with Crippen molar-refractivity contribution >= 4 is 29.7 Å². The molecule has 2 N–H and O–H groups in total. The molecule has 1 amide bonds. The molecule has 1 aromatic carbocycles. The highest BCUT2D eigenvalue weighted by Gasteiger charge is 2.27. The van der Waals surface area contributed by atoms with E-state index in [9.17, 15) is 4.79 Å². The van der Waals surface area contributed by atoms with Crippen LogP contribution in [0.3, 0.4) is 0 Å². The number of aromatic nitrogens is 1. The van der Waals surface area contributed by atoms with Gasteiger partial charge in [0.1, 0.15) is 16.5 Å². The van der Waals surface area contributed by atoms with Crippen molar-refractivity contribution in [3.05, 3.63) is 35.3 Å². The highest BCUT2D eigenvalue weighted by atomic mass is 35.5. The minimum Gasteiger partial charge on any atom is -0.496 e. The maximum atomic E-state index is 12.5. The number of thiazole rings is 1. The first kappa shape index (κ1) is 17.7. The molecule has 1 fully saturated rings. The first-order valence-electron chi connectivity index (χ1n) is 7.31. The van der Waals surface area contributed by atoms with E-state index in [0.717, 1.165) is 35.8 Å². The summed E-state index contributed by atoms with van der Waals surface area (Å²) in [5, 5.41) is 2.62. The van der Waals surface area contributed by atoms with E-state index in [2.05, 4.69) is 4.98 Å². The maximum absolute atomic E-state index is 12.5. The van der Waals surface area contributed by atoms with Crippen LogP contribution in [0.2, 0.25) is 0 Å². The molecule has 0 aliphatic carbocycles. The third kappa shape index (κ3) is 3.65. The third-order valence-electron chi connectivity index (χ3n) is 3.97. The van der Waals surface area contributed by atoms with Crippen molar-refractivity contribution in [2.24, 2.45) is 11.7 Å². The normalized spacial score (nSPS) is 17.0. The molecule has 5 nitrogen and oxygen atoms in total. The number of carbonyl (C=O) groups excluding carboxylic acids is 1. The Morgan fingerprint density at radius 2 is 2.26 bits per heavy atom. The summed E-state index contributed by atoms with van der Waals surface area (Å²) in [6.07, 6.45) is 0.978. The van der Waals surface area contributed by atoms with Crippen LogP contribution in [-0.4, -0.2) is 42.5 Å². The third-order valence-corrected chi connectivity index (χ3v) is 4.84. The molecule has 0 unspecified atom stereocenters. The van der Waals surface area contributed by atoms with Crippen molar-refractivity contribution in [1.29, 1.82) is 0 Å². The summed E-state index contributed by atoms with van der Waals surface area (Å²) in [6.45, 7) is 2.13. The summed E-state index contributed by atoms with van der Waals surface area (Å²) in [4.78, 5) is 18.9. The largest absolute Gasteiger partial charge is 0.496 e. The van der Waals surface area contributed by atoms with Gasteiger partial charge < -0.3 is 15.4 Å². The maximum Gasteiger partial charge on any atom is 0.273 e. The van der Waals surface area contributed by atoms with Gasteiger partial charge in [0.25, 0.3) is 5.91 Å². The lowest BCUT2D eigenvalue weighted by atomic mass is 10.1. The number of methoxy groups -OCH3 is 1. The Morgan fingerprint density at radius 3 is 2.96 bits per heavy atom. The second-order valence-corrected chi connectivity index (χ2v) is 6.24. The van der Waals surface area contributed by atoms with Gasteiger partial charge in [-0.15, -0.1) is 23.7 Å². The zero-order valence-electron chi connectivity index (χ0n) is 12.9. The number of halogens is 1. The van der Waals surface area contributed by atoms with Gasteiger partial charge in [-0.2, -0.15) is 0 Å². The number of hydrogen-bond acceptors (Lipinski definition) is 5. The van der Waals surface area contributed by atoms with Crippen molar-refractivity contribution in [3.63, 3.8) is 0 Å². The summed E-state index contributed by atoms with van der Waals surface area (Å²) in [6, 6.07) is 7.70. The Morgan fingerprint density at radius 1 is 1.48 bits per heavy atom. The Kier molecular flexibility index (Phi) is 5.98. The fourth-order valence-corrected chi connectivity index (χ4v) is 3.51. The second kappa shape index (κ2) is 7.77. The standard InChI is InChI=1S/C16H19N3O2S.ClH/c1-21-14-5-3-2-4-12(14)15-18-13(10-22-15)16(20)19-7-6-11(8-17)9-19;/h2-5,10-11H,6-9,17H2,1H3;1H/t11-;/m0./s1. The molecule has 1 saturated heterocycles. The highest BCUT2D eigenvalue weighted by Crippen LogP contribution is 2.32. The fourth-order valence-electron chi connectivity index (χ4n) is 2.69. The zero-order chi connectivity index (χ0) is 15.5. The molecule has 1 aliphatic heterocycles. The van der Waals surface area contributed by atoms with E-state index in [1.165, 1.54) is 11.3 Å². The molecule has 23 heavy (non-hydrogen) atoms. The molecule has 2 heterocycles. The Hall–Kier alpha value is -1.63. The number of nitrogens with zero attached hydrogens (tertiary/aromatic N) is 2. The van der Waals surface area contributed by atoms with Gasteiger partial charge >= 0.3 is 0 Å². The highest BCUT2D eigenvalue weighted by molar-refractivity contribution is 7.13. The van der Waals surface area contributed by atoms with E-state index in [1.54, 1.807) is 7.11 Å². The average molecular weight is 354 g/mol. The van der Waals surface area contributed by atoms with E-state index in [0.29, 0.717) is 18.2 Å². The number of amides is 1. The van der Waals surface area contributed by atoms with Crippen LogP contribution in [0.15, 0.2) is 29.6 Å². The minimum atomic E-state index is -0.00616. The summed E-state index contributed by atoms with van der Waals surface area (Å²) < 4.78 is 5.36. The summed E-state index contributed by atoms with van der Waals surface area (Å²) in [5.41, 5.74) is 7.10. The van der Waals surface area contributed by atoms with Gasteiger partial charge in [-0.25, -0.2) is 4.98 Å². The monoisotopic (exact) mass is 353 g/mol. The van der Waals surface area contributed by atoms with E-state index in [-0.39, 0.29) is 18.3 Å². The van der Waals surface area contributed by atoms with E-state index in [1.807, 2.05) is 34.5 Å². The molecule has 1 atom stereocenters. The lowest BCUT2D eigenvalue weighted by Crippen LogP contribution is -2.30. The van der Waals surface area contributed by atoms with Gasteiger partial charge in [0.05, 0.1) is 12.7 Å². The van der Waals surface area contributed by atoms with Gasteiger partial charge in [-0.05, 0) is 31.0 Å². The second-order valence-electron chi connectivity index (χ2n) is 5.38. The van der Waals surface area contributed by atoms with Crippen LogP contribution in [0.4, 0.5) is 0 Å². The molecule has 0 spiro atoms. The smallest absolute Gasteiger partial charge is 0.273 e. The summed E-state index contributed by atoms with van der Waals surface area (Å²) in [5.74, 6) is 1.17. The van der Waals surface area contributed by atoms with E-state index < -0.39 is 0 Å². The van der Waals surface area contributed by atoms with Gasteiger partial charge in [0, 0.05) is 18.5 Å². The molecule has 1 aromatic heterocycles. The Bertz CT molecular complexity index is 677. The number of hydrogen-bond donors (Lipinski definition) is 1. The molecular formula is C16H20ClN3O2S. The lowest BCUT2D eigenvalue weighted by Gasteiger charge is -2.14. The molecule has 0 radical (unpaired) electrons. The number of para-hydroxylation sites is 1. The Balaban J connectivity index is 0.00000192. The van der Waals surface area contributed by atoms with E-state index >= 15 is 0 Å². The minimum absolute atomic E-state index is 0. The molecule has 7 heteroatoms. The molecule has 0 saturated carbocycles. The molecule has 1 aliphatic rings. The molecule has 2 aromatic rings. The number of nitrogens with two attached hydrogens (primary N) is 1. The van der Waals surface area contributed by atoms with Crippen LogP contribution in [0.5, 0.6) is 5.75 Å². The lowest BCUT2D eigenvalue weighted by molar-refractivity contribution is 0.0782. The molecule has 0 bridgehead atoms. The van der Waals surface area contributed by atoms with Gasteiger partial charge in [-0.1, -0.05) is 12.1 Å². The SMILES string of the molecule is COc1ccccc1-c1nc(C(=O)N2CC[C@@H](CN)C2)cs1.Cl. The Labute approximate surface area is 145 Å². The first-order valence-corrected chi connectivity index (χ1v) is 8.19. The number of ether oxygens (including phenoxy) is 1. The van der Waals surface area contributed by atoms with Crippen LogP contribution < -0.4 is 10.5 Å². The average Bonchev–Trinajstić information content (AvgIpc) is 3.23.